The van der Waals surface area contributed by atoms with Gasteiger partial charge in [0.15, 0.2) is 6.10 Å². The number of hydrogen-bond acceptors (Lipinski definition) is 6. The van der Waals surface area contributed by atoms with Gasteiger partial charge in [-0.2, -0.15) is 0 Å². The highest BCUT2D eigenvalue weighted by Crippen LogP contribution is 2.15. The van der Waals surface area contributed by atoms with Crippen LogP contribution in [0.25, 0.3) is 0 Å². The van der Waals surface area contributed by atoms with E-state index in [0.717, 1.165) is 70.6 Å². The molecule has 6 heteroatoms. The largest absolute Gasteiger partial charge is 0.462 e. The maximum atomic E-state index is 12.8. The summed E-state index contributed by atoms with van der Waals surface area (Å²) in [6, 6.07) is 0. The van der Waals surface area contributed by atoms with Crippen molar-refractivity contribution < 1.29 is 28.6 Å². The number of ether oxygens (including phenoxy) is 3. The van der Waals surface area contributed by atoms with Crippen LogP contribution in [-0.2, 0) is 28.6 Å². The zero-order valence-electron chi connectivity index (χ0n) is 40.7. The van der Waals surface area contributed by atoms with Crippen molar-refractivity contribution >= 4 is 17.9 Å². The van der Waals surface area contributed by atoms with Gasteiger partial charge >= 0.3 is 17.9 Å². The highest BCUT2D eigenvalue weighted by Gasteiger charge is 2.19. The van der Waals surface area contributed by atoms with E-state index in [1.54, 1.807) is 0 Å². The molecule has 0 unspecified atom stereocenters. The summed E-state index contributed by atoms with van der Waals surface area (Å²) in [5, 5.41) is 0. The lowest BCUT2D eigenvalue weighted by atomic mass is 10.1. The summed E-state index contributed by atoms with van der Waals surface area (Å²) >= 11 is 0. The predicted octanol–water partition coefficient (Wildman–Crippen LogP) is 17.3. The first kappa shape index (κ1) is 58.6. The van der Waals surface area contributed by atoms with E-state index in [-0.39, 0.29) is 31.1 Å². The summed E-state index contributed by atoms with van der Waals surface area (Å²) in [7, 11) is 0. The molecule has 0 radical (unpaired) electrons. The Hall–Kier alpha value is -2.37. The average Bonchev–Trinajstić information content (AvgIpc) is 3.26. The van der Waals surface area contributed by atoms with Crippen LogP contribution < -0.4 is 0 Å². The minimum absolute atomic E-state index is 0.0738. The molecule has 0 aromatic heterocycles. The smallest absolute Gasteiger partial charge is 0.306 e. The molecule has 0 saturated carbocycles. The summed E-state index contributed by atoms with van der Waals surface area (Å²) in [6.07, 6.45) is 58.3. The Labute approximate surface area is 378 Å². The summed E-state index contributed by atoms with van der Waals surface area (Å²) in [5.74, 6) is -0.876. The first-order valence-electron chi connectivity index (χ1n) is 26.5. The molecule has 61 heavy (non-hydrogen) atoms. The van der Waals surface area contributed by atoms with Crippen LogP contribution in [0.3, 0.4) is 0 Å². The number of unbranched alkanes of at least 4 members (excludes halogenated alkanes) is 31. The third-order valence-electron chi connectivity index (χ3n) is 11.6. The molecule has 0 amide bonds. The predicted molar refractivity (Wildman–Crippen MR) is 261 cm³/mol. The Bertz CT molecular complexity index is 1030. The van der Waals surface area contributed by atoms with Crippen molar-refractivity contribution in [2.45, 2.75) is 284 Å². The number of esters is 3. The third-order valence-corrected chi connectivity index (χ3v) is 11.6. The van der Waals surface area contributed by atoms with Gasteiger partial charge in [-0.05, 0) is 77.0 Å². The molecule has 6 nitrogen and oxygen atoms in total. The molecule has 0 spiro atoms. The molecule has 0 bridgehead atoms. The number of rotatable bonds is 48. The van der Waals surface area contributed by atoms with Gasteiger partial charge in [-0.25, -0.2) is 0 Å². The standard InChI is InChI=1S/C55H100O6/c1-4-7-10-13-16-19-22-24-26-27-29-31-34-37-40-43-46-49-55(58)61-52(50-59-53(56)47-44-41-38-35-32-21-18-15-12-9-6-3)51-60-54(57)48-45-42-39-36-33-30-28-25-23-20-17-14-11-8-5-2/h16,19-20,23-24,26,52H,4-15,17-18,21-22,25,27-51H2,1-3H3/b19-16-,23-20-,26-24-/t52-/m0/s1. The first-order chi connectivity index (χ1) is 30.0. The number of carbonyl (C=O) groups is 3. The molecule has 0 aliphatic rings. The van der Waals surface area contributed by atoms with Crippen molar-refractivity contribution in [1.29, 1.82) is 0 Å². The van der Waals surface area contributed by atoms with Crippen LogP contribution in [-0.4, -0.2) is 37.2 Å². The van der Waals surface area contributed by atoms with E-state index < -0.39 is 6.10 Å². The van der Waals surface area contributed by atoms with Crippen molar-refractivity contribution in [2.24, 2.45) is 0 Å². The Kier molecular flexibility index (Phi) is 48.3. The zero-order chi connectivity index (χ0) is 44.4. The number of carbonyl (C=O) groups excluding carboxylic acids is 3. The molecule has 0 heterocycles. The fraction of sp³-hybridized carbons (Fsp3) is 0.836. The molecule has 0 aromatic rings. The van der Waals surface area contributed by atoms with E-state index in [1.165, 1.54) is 167 Å². The van der Waals surface area contributed by atoms with Gasteiger partial charge < -0.3 is 14.2 Å². The molecule has 0 fully saturated rings. The van der Waals surface area contributed by atoms with Crippen LogP contribution in [0.1, 0.15) is 278 Å². The maximum Gasteiger partial charge on any atom is 0.306 e. The van der Waals surface area contributed by atoms with Crippen LogP contribution in [0.4, 0.5) is 0 Å². The fourth-order valence-electron chi connectivity index (χ4n) is 7.59. The molecule has 356 valence electrons. The fourth-order valence-corrected chi connectivity index (χ4v) is 7.59. The second-order valence-electron chi connectivity index (χ2n) is 17.8. The molecule has 0 rings (SSSR count). The van der Waals surface area contributed by atoms with Crippen LogP contribution in [0.2, 0.25) is 0 Å². The second kappa shape index (κ2) is 50.3. The Balaban J connectivity index is 4.35. The molecule has 0 aromatic carbocycles. The molecular formula is C55H100O6. The van der Waals surface area contributed by atoms with E-state index in [2.05, 4.69) is 57.2 Å². The van der Waals surface area contributed by atoms with Crippen LogP contribution in [0.15, 0.2) is 36.5 Å². The van der Waals surface area contributed by atoms with Gasteiger partial charge in [0.1, 0.15) is 13.2 Å². The minimum Gasteiger partial charge on any atom is -0.462 e. The zero-order valence-corrected chi connectivity index (χ0v) is 40.7. The molecule has 0 aliphatic carbocycles. The van der Waals surface area contributed by atoms with Crippen LogP contribution in [0, 0.1) is 0 Å². The van der Waals surface area contributed by atoms with Crippen molar-refractivity contribution in [1.82, 2.24) is 0 Å². The SMILES string of the molecule is CCCCC/C=C\C/C=C\CCCCCCCCCC(=O)O[C@H](COC(=O)CCCCCCCCC/C=C\CCCCCC)COC(=O)CCCCCCCCCCCCC. The Morgan fingerprint density at radius 3 is 0.967 bits per heavy atom. The van der Waals surface area contributed by atoms with Crippen molar-refractivity contribution in [3.63, 3.8) is 0 Å². The highest BCUT2D eigenvalue weighted by molar-refractivity contribution is 5.71. The highest BCUT2D eigenvalue weighted by atomic mass is 16.6. The van der Waals surface area contributed by atoms with Crippen LogP contribution >= 0.6 is 0 Å². The number of allylic oxidation sites excluding steroid dienone is 6. The summed E-state index contributed by atoms with van der Waals surface area (Å²) in [5.41, 5.74) is 0. The van der Waals surface area contributed by atoms with E-state index in [9.17, 15) is 14.4 Å². The summed E-state index contributed by atoms with van der Waals surface area (Å²) in [4.78, 5) is 38.0. The topological polar surface area (TPSA) is 78.9 Å². The van der Waals surface area contributed by atoms with Gasteiger partial charge in [-0.3, -0.25) is 14.4 Å². The van der Waals surface area contributed by atoms with Gasteiger partial charge in [0, 0.05) is 19.3 Å². The van der Waals surface area contributed by atoms with Crippen molar-refractivity contribution in [3.05, 3.63) is 36.5 Å². The van der Waals surface area contributed by atoms with E-state index in [1.807, 2.05) is 0 Å². The normalized spacial score (nSPS) is 12.2. The first-order valence-corrected chi connectivity index (χ1v) is 26.5. The summed E-state index contributed by atoms with van der Waals surface area (Å²) in [6.45, 7) is 6.60. The molecule has 0 saturated heterocycles. The monoisotopic (exact) mass is 857 g/mol. The number of hydrogen-bond donors (Lipinski definition) is 0. The van der Waals surface area contributed by atoms with Crippen molar-refractivity contribution in [3.8, 4) is 0 Å². The van der Waals surface area contributed by atoms with E-state index >= 15 is 0 Å². The molecule has 0 aliphatic heterocycles. The lowest BCUT2D eigenvalue weighted by molar-refractivity contribution is -0.167. The average molecular weight is 857 g/mol. The minimum atomic E-state index is -0.774. The summed E-state index contributed by atoms with van der Waals surface area (Å²) < 4.78 is 16.8. The lowest BCUT2D eigenvalue weighted by Gasteiger charge is -2.18. The lowest BCUT2D eigenvalue weighted by Crippen LogP contribution is -2.30. The third kappa shape index (κ3) is 48.5. The second-order valence-corrected chi connectivity index (χ2v) is 17.8. The maximum absolute atomic E-state index is 12.8. The van der Waals surface area contributed by atoms with Crippen LogP contribution in [0.5, 0.6) is 0 Å². The van der Waals surface area contributed by atoms with E-state index in [4.69, 9.17) is 14.2 Å². The molecule has 1 atom stereocenters. The van der Waals surface area contributed by atoms with Gasteiger partial charge in [0.25, 0.3) is 0 Å². The van der Waals surface area contributed by atoms with Gasteiger partial charge in [0.05, 0.1) is 0 Å². The van der Waals surface area contributed by atoms with Gasteiger partial charge in [0.2, 0.25) is 0 Å². The van der Waals surface area contributed by atoms with E-state index in [0.29, 0.717) is 19.3 Å². The van der Waals surface area contributed by atoms with Gasteiger partial charge in [-0.1, -0.05) is 218 Å². The molecule has 0 N–H and O–H groups in total. The molecular weight excluding hydrogens is 757 g/mol. The Morgan fingerprint density at radius 1 is 0.328 bits per heavy atom. The van der Waals surface area contributed by atoms with Crippen molar-refractivity contribution in [2.75, 3.05) is 13.2 Å². The van der Waals surface area contributed by atoms with Gasteiger partial charge in [-0.15, -0.1) is 0 Å². The quantitative estimate of drug-likeness (QED) is 0.0262. The Morgan fingerprint density at radius 2 is 0.590 bits per heavy atom.